The van der Waals surface area contributed by atoms with Crippen molar-refractivity contribution in [1.82, 2.24) is 25.1 Å². The topological polar surface area (TPSA) is 97.0 Å². The third-order valence-corrected chi connectivity index (χ3v) is 5.79. The minimum Gasteiger partial charge on any atom is -0.425 e. The van der Waals surface area contributed by atoms with E-state index >= 15 is 0 Å². The molecule has 1 aliphatic heterocycles. The molecule has 30 heavy (non-hydrogen) atoms. The molecule has 0 radical (unpaired) electrons. The minimum atomic E-state index is -0.0110. The lowest BCUT2D eigenvalue weighted by atomic mass is 10.1. The number of carbonyl (C=O) groups excluding carboxylic acids is 1. The number of pyridine rings is 1. The number of anilines is 2. The second-order valence-electron chi connectivity index (χ2n) is 7.82. The fourth-order valence-electron chi connectivity index (χ4n) is 3.68. The van der Waals surface area contributed by atoms with Gasteiger partial charge in [-0.25, -0.2) is 4.98 Å². The Kier molecular flexibility index (Phi) is 6.08. The highest BCUT2D eigenvalue weighted by Crippen LogP contribution is 2.33. The number of amides is 1. The molecule has 3 aromatic heterocycles. The summed E-state index contributed by atoms with van der Waals surface area (Å²) in [6.45, 7) is 6.72. The summed E-state index contributed by atoms with van der Waals surface area (Å²) in [5.41, 5.74) is 2.77. The Hall–Kier alpha value is -2.81. The number of thiazole rings is 1. The molecule has 1 amide bonds. The van der Waals surface area contributed by atoms with Crippen LogP contribution in [0.2, 0.25) is 0 Å². The van der Waals surface area contributed by atoms with Gasteiger partial charge in [-0.1, -0.05) is 13.8 Å². The molecule has 1 unspecified atom stereocenters. The maximum absolute atomic E-state index is 13.0. The van der Waals surface area contributed by atoms with E-state index in [4.69, 9.17) is 9.40 Å². The zero-order valence-electron chi connectivity index (χ0n) is 17.5. The van der Waals surface area contributed by atoms with Crippen molar-refractivity contribution in [2.75, 3.05) is 11.9 Å². The van der Waals surface area contributed by atoms with E-state index in [9.17, 15) is 4.79 Å². The van der Waals surface area contributed by atoms with Crippen molar-refractivity contribution in [2.45, 2.75) is 58.4 Å². The Morgan fingerprint density at radius 3 is 2.97 bits per heavy atom. The molecule has 8 nitrogen and oxygen atoms in total. The van der Waals surface area contributed by atoms with Crippen LogP contribution in [0.4, 0.5) is 10.8 Å². The number of nitrogens with zero attached hydrogens (tertiary/aromatic N) is 5. The van der Waals surface area contributed by atoms with Crippen molar-refractivity contribution in [3.05, 3.63) is 46.9 Å². The van der Waals surface area contributed by atoms with Crippen LogP contribution in [0.1, 0.15) is 68.2 Å². The zero-order valence-corrected chi connectivity index (χ0v) is 18.3. The number of aromatic nitrogens is 4. The second kappa shape index (κ2) is 8.91. The molecule has 4 heterocycles. The molecule has 0 aliphatic carbocycles. The van der Waals surface area contributed by atoms with E-state index in [0.717, 1.165) is 41.6 Å². The molecule has 9 heteroatoms. The van der Waals surface area contributed by atoms with Gasteiger partial charge in [-0.15, -0.1) is 21.5 Å². The number of aryl methyl sites for hydroxylation is 2. The summed E-state index contributed by atoms with van der Waals surface area (Å²) < 4.78 is 5.63. The summed E-state index contributed by atoms with van der Waals surface area (Å²) in [4.78, 5) is 23.9. The molecule has 158 valence electrons. The number of nitrogens with one attached hydrogen (secondary N) is 1. The van der Waals surface area contributed by atoms with E-state index in [-0.39, 0.29) is 17.9 Å². The third kappa shape index (κ3) is 4.67. The average molecular weight is 427 g/mol. The lowest BCUT2D eigenvalue weighted by Gasteiger charge is -2.25. The highest BCUT2D eigenvalue weighted by atomic mass is 32.1. The number of rotatable bonds is 7. The van der Waals surface area contributed by atoms with Gasteiger partial charge in [-0.05, 0) is 31.9 Å². The quantitative estimate of drug-likeness (QED) is 0.598. The van der Waals surface area contributed by atoms with Crippen molar-refractivity contribution in [2.24, 2.45) is 0 Å². The van der Waals surface area contributed by atoms with Gasteiger partial charge in [-0.3, -0.25) is 9.78 Å². The standard InChI is InChI=1S/C21H26N6O2S/c1-13(2)20-26-25-18(29-20)6-7-19(28)27-9-4-5-17(27)16-12-15(11-14(3)23-16)24-21-22-8-10-30-21/h8,10-13,17H,4-7,9H2,1-3H3,(H,22,23,24). The van der Waals surface area contributed by atoms with E-state index in [1.54, 1.807) is 17.5 Å². The van der Waals surface area contributed by atoms with Crippen LogP contribution in [0.25, 0.3) is 0 Å². The van der Waals surface area contributed by atoms with Gasteiger partial charge in [0, 0.05) is 48.3 Å². The van der Waals surface area contributed by atoms with Gasteiger partial charge in [0.1, 0.15) is 0 Å². The maximum atomic E-state index is 13.0. The molecular formula is C21H26N6O2S. The van der Waals surface area contributed by atoms with E-state index in [0.29, 0.717) is 24.6 Å². The van der Waals surface area contributed by atoms with Crippen LogP contribution in [-0.2, 0) is 11.2 Å². The predicted octanol–water partition coefficient (Wildman–Crippen LogP) is 4.39. The first-order chi connectivity index (χ1) is 14.5. The maximum Gasteiger partial charge on any atom is 0.223 e. The lowest BCUT2D eigenvalue weighted by Crippen LogP contribution is -2.31. The van der Waals surface area contributed by atoms with Crippen molar-refractivity contribution in [3.63, 3.8) is 0 Å². The minimum absolute atomic E-state index is 0.0110. The van der Waals surface area contributed by atoms with Crippen LogP contribution in [-0.4, -0.2) is 37.5 Å². The Bertz CT molecular complexity index is 1000. The number of likely N-dealkylation sites (tertiary alicyclic amines) is 1. The highest BCUT2D eigenvalue weighted by molar-refractivity contribution is 7.13. The fourth-order valence-corrected chi connectivity index (χ4v) is 4.23. The summed E-state index contributed by atoms with van der Waals surface area (Å²) in [6, 6.07) is 4.01. The molecule has 1 saturated heterocycles. The van der Waals surface area contributed by atoms with Gasteiger partial charge in [0.15, 0.2) is 5.13 Å². The molecule has 4 rings (SSSR count). The normalized spacial score (nSPS) is 16.4. The van der Waals surface area contributed by atoms with Crippen LogP contribution >= 0.6 is 11.3 Å². The van der Waals surface area contributed by atoms with Gasteiger partial charge in [0.25, 0.3) is 0 Å². The summed E-state index contributed by atoms with van der Waals surface area (Å²) in [5, 5.41) is 14.2. The summed E-state index contributed by atoms with van der Waals surface area (Å²) >= 11 is 1.55. The number of hydrogen-bond acceptors (Lipinski definition) is 8. The van der Waals surface area contributed by atoms with Crippen molar-refractivity contribution in [1.29, 1.82) is 0 Å². The van der Waals surface area contributed by atoms with Crippen LogP contribution in [0.15, 0.2) is 28.1 Å². The summed E-state index contributed by atoms with van der Waals surface area (Å²) in [6.07, 6.45) is 4.47. The van der Waals surface area contributed by atoms with Gasteiger partial charge in [0.2, 0.25) is 17.7 Å². The number of carbonyl (C=O) groups is 1. The summed E-state index contributed by atoms with van der Waals surface area (Å²) in [5.74, 6) is 1.41. The largest absolute Gasteiger partial charge is 0.425 e. The van der Waals surface area contributed by atoms with Crippen LogP contribution < -0.4 is 5.32 Å². The second-order valence-corrected chi connectivity index (χ2v) is 8.71. The highest BCUT2D eigenvalue weighted by Gasteiger charge is 2.31. The molecule has 1 atom stereocenters. The smallest absolute Gasteiger partial charge is 0.223 e. The molecule has 0 aromatic carbocycles. The third-order valence-electron chi connectivity index (χ3n) is 5.10. The lowest BCUT2D eigenvalue weighted by molar-refractivity contribution is -0.132. The van der Waals surface area contributed by atoms with Crippen molar-refractivity contribution >= 4 is 28.1 Å². The van der Waals surface area contributed by atoms with Crippen LogP contribution in [0.3, 0.4) is 0 Å². The Balaban J connectivity index is 1.44. The molecular weight excluding hydrogens is 400 g/mol. The van der Waals surface area contributed by atoms with Gasteiger partial charge in [0.05, 0.1) is 11.7 Å². The molecule has 1 aliphatic rings. The Morgan fingerprint density at radius 2 is 2.23 bits per heavy atom. The number of hydrogen-bond donors (Lipinski definition) is 1. The van der Waals surface area contributed by atoms with Gasteiger partial charge in [-0.2, -0.15) is 0 Å². The first kappa shape index (κ1) is 20.5. The molecule has 0 spiro atoms. The first-order valence-electron chi connectivity index (χ1n) is 10.3. The van der Waals surface area contributed by atoms with Crippen molar-refractivity contribution < 1.29 is 9.21 Å². The van der Waals surface area contributed by atoms with Gasteiger partial charge >= 0.3 is 0 Å². The first-order valence-corrected chi connectivity index (χ1v) is 11.1. The SMILES string of the molecule is Cc1cc(Nc2nccs2)cc(C2CCCN2C(=O)CCc2nnc(C(C)C)o2)n1. The van der Waals surface area contributed by atoms with E-state index in [2.05, 4.69) is 20.5 Å². The molecule has 3 aromatic rings. The van der Waals surface area contributed by atoms with Crippen LogP contribution in [0.5, 0.6) is 0 Å². The van der Waals surface area contributed by atoms with E-state index < -0.39 is 0 Å². The van der Waals surface area contributed by atoms with Gasteiger partial charge < -0.3 is 14.6 Å². The van der Waals surface area contributed by atoms with Crippen molar-refractivity contribution in [3.8, 4) is 0 Å². The Morgan fingerprint density at radius 1 is 1.37 bits per heavy atom. The molecule has 0 saturated carbocycles. The zero-order chi connectivity index (χ0) is 21.1. The predicted molar refractivity (Wildman–Crippen MR) is 115 cm³/mol. The van der Waals surface area contributed by atoms with E-state index in [1.807, 2.05) is 43.2 Å². The average Bonchev–Trinajstić information content (AvgIpc) is 3.46. The molecule has 1 fully saturated rings. The fraction of sp³-hybridized carbons (Fsp3) is 0.476. The molecule has 1 N–H and O–H groups in total. The Labute approximate surface area is 179 Å². The van der Waals surface area contributed by atoms with E-state index in [1.165, 1.54) is 0 Å². The van der Waals surface area contributed by atoms with Crippen LogP contribution in [0, 0.1) is 6.92 Å². The summed E-state index contributed by atoms with van der Waals surface area (Å²) in [7, 11) is 0. The molecule has 0 bridgehead atoms. The monoisotopic (exact) mass is 426 g/mol.